The molecule has 8 heteroatoms. The molecule has 1 heterocycles. The molecule has 2 rings (SSSR count). The SMILES string of the molecule is NC1=NS(=O)(=O)C(C(=O)Oc2ccc(F)cc2)=C1. The zero-order valence-electron chi connectivity index (χ0n) is 8.83. The van der Waals surface area contributed by atoms with E-state index in [2.05, 4.69) is 4.40 Å². The van der Waals surface area contributed by atoms with E-state index >= 15 is 0 Å². The average Bonchev–Trinajstić information content (AvgIpc) is 2.55. The third-order valence-electron chi connectivity index (χ3n) is 2.01. The van der Waals surface area contributed by atoms with Gasteiger partial charge in [-0.2, -0.15) is 8.42 Å². The van der Waals surface area contributed by atoms with Crippen LogP contribution in [0.5, 0.6) is 5.75 Å². The van der Waals surface area contributed by atoms with E-state index in [1.54, 1.807) is 0 Å². The first-order valence-corrected chi connectivity index (χ1v) is 6.12. The van der Waals surface area contributed by atoms with Gasteiger partial charge in [-0.25, -0.2) is 9.18 Å². The first-order valence-electron chi connectivity index (χ1n) is 4.68. The van der Waals surface area contributed by atoms with Gasteiger partial charge in [-0.15, -0.1) is 4.40 Å². The zero-order valence-corrected chi connectivity index (χ0v) is 9.65. The maximum atomic E-state index is 12.6. The Morgan fingerprint density at radius 2 is 1.89 bits per heavy atom. The van der Waals surface area contributed by atoms with Crippen molar-refractivity contribution in [2.45, 2.75) is 0 Å². The average molecular weight is 270 g/mol. The van der Waals surface area contributed by atoms with E-state index in [0.29, 0.717) is 0 Å². The number of esters is 1. The minimum Gasteiger partial charge on any atom is -0.422 e. The molecular formula is C10H7FN2O4S. The lowest BCUT2D eigenvalue weighted by Gasteiger charge is -2.03. The van der Waals surface area contributed by atoms with E-state index < -0.39 is 26.7 Å². The minimum absolute atomic E-state index is 0.0166. The fourth-order valence-electron chi connectivity index (χ4n) is 1.25. The van der Waals surface area contributed by atoms with Crippen LogP contribution in [0.25, 0.3) is 0 Å². The number of nitrogens with zero attached hydrogens (tertiary/aromatic N) is 1. The predicted molar refractivity (Wildman–Crippen MR) is 60.7 cm³/mol. The fourth-order valence-corrected chi connectivity index (χ4v) is 2.20. The molecule has 0 spiro atoms. The van der Waals surface area contributed by atoms with Crippen LogP contribution in [0.4, 0.5) is 4.39 Å². The summed E-state index contributed by atoms with van der Waals surface area (Å²) in [5.41, 5.74) is 5.19. The molecule has 6 nitrogen and oxygen atoms in total. The lowest BCUT2D eigenvalue weighted by Crippen LogP contribution is -2.15. The quantitative estimate of drug-likeness (QED) is 0.616. The van der Waals surface area contributed by atoms with Gasteiger partial charge in [0.2, 0.25) is 0 Å². The smallest absolute Gasteiger partial charge is 0.357 e. The van der Waals surface area contributed by atoms with Crippen LogP contribution < -0.4 is 10.5 Å². The Balaban J connectivity index is 2.20. The van der Waals surface area contributed by atoms with Gasteiger partial charge >= 0.3 is 5.97 Å². The maximum Gasteiger partial charge on any atom is 0.357 e. The standard InChI is InChI=1S/C10H7FN2O4S/c11-6-1-3-7(4-2-6)17-10(14)8-5-9(12)13-18(8,15)16/h1-5H,(H2,12,13). The molecule has 18 heavy (non-hydrogen) atoms. The number of benzene rings is 1. The van der Waals surface area contributed by atoms with Crippen LogP contribution in [-0.2, 0) is 14.8 Å². The summed E-state index contributed by atoms with van der Waals surface area (Å²) in [5, 5.41) is 0. The van der Waals surface area contributed by atoms with Crippen LogP contribution in [0.3, 0.4) is 0 Å². The Morgan fingerprint density at radius 3 is 2.39 bits per heavy atom. The normalized spacial score (nSPS) is 16.9. The first-order chi connectivity index (χ1) is 8.38. The lowest BCUT2D eigenvalue weighted by atomic mass is 10.3. The van der Waals surface area contributed by atoms with Crippen LogP contribution in [0.1, 0.15) is 0 Å². The van der Waals surface area contributed by atoms with Gasteiger partial charge < -0.3 is 10.5 Å². The van der Waals surface area contributed by atoms with Crippen LogP contribution >= 0.6 is 0 Å². The Kier molecular flexibility index (Phi) is 2.87. The van der Waals surface area contributed by atoms with E-state index in [1.807, 2.05) is 0 Å². The molecule has 1 aliphatic heterocycles. The van der Waals surface area contributed by atoms with Crippen LogP contribution in [0, 0.1) is 5.82 Å². The first kappa shape index (κ1) is 12.2. The van der Waals surface area contributed by atoms with Crippen molar-refractivity contribution in [1.29, 1.82) is 0 Å². The topological polar surface area (TPSA) is 98.8 Å². The number of carbonyl (C=O) groups excluding carboxylic acids is 1. The largest absolute Gasteiger partial charge is 0.422 e. The predicted octanol–water partition coefficient (Wildman–Crippen LogP) is 0.316. The van der Waals surface area contributed by atoms with Crippen LogP contribution in [-0.4, -0.2) is 20.2 Å². The summed E-state index contributed by atoms with van der Waals surface area (Å²) in [7, 11) is -4.09. The van der Waals surface area contributed by atoms with E-state index in [4.69, 9.17) is 10.5 Å². The number of amidine groups is 1. The van der Waals surface area contributed by atoms with Crippen molar-refractivity contribution in [1.82, 2.24) is 0 Å². The molecule has 2 N–H and O–H groups in total. The lowest BCUT2D eigenvalue weighted by molar-refractivity contribution is -0.129. The van der Waals surface area contributed by atoms with E-state index in [-0.39, 0.29) is 11.6 Å². The third kappa shape index (κ3) is 2.38. The van der Waals surface area contributed by atoms with Gasteiger partial charge in [0, 0.05) is 6.08 Å². The van der Waals surface area contributed by atoms with Gasteiger partial charge in [-0.05, 0) is 24.3 Å². The van der Waals surface area contributed by atoms with Crippen molar-refractivity contribution in [3.8, 4) is 5.75 Å². The van der Waals surface area contributed by atoms with Crippen LogP contribution in [0.2, 0.25) is 0 Å². The summed E-state index contributed by atoms with van der Waals surface area (Å²) < 4.78 is 43.2. The highest BCUT2D eigenvalue weighted by Crippen LogP contribution is 2.19. The molecule has 0 aliphatic carbocycles. The summed E-state index contributed by atoms with van der Waals surface area (Å²) in [6.07, 6.45) is 0.904. The zero-order chi connectivity index (χ0) is 13.3. The van der Waals surface area contributed by atoms with Crippen molar-refractivity contribution < 1.29 is 22.3 Å². The van der Waals surface area contributed by atoms with Gasteiger partial charge in [-0.3, -0.25) is 0 Å². The molecule has 0 saturated carbocycles. The number of sulfonamides is 1. The molecule has 0 aromatic heterocycles. The molecule has 0 amide bonds. The molecule has 0 bridgehead atoms. The Bertz CT molecular complexity index is 662. The summed E-state index contributed by atoms with van der Waals surface area (Å²) in [5.74, 6) is -1.90. The molecule has 0 radical (unpaired) electrons. The van der Waals surface area contributed by atoms with Gasteiger partial charge in [-0.1, -0.05) is 0 Å². The number of nitrogens with two attached hydrogens (primary N) is 1. The number of halogens is 1. The summed E-state index contributed by atoms with van der Waals surface area (Å²) >= 11 is 0. The van der Waals surface area contributed by atoms with Crippen molar-refractivity contribution in [2.75, 3.05) is 0 Å². The second-order valence-corrected chi connectivity index (χ2v) is 4.92. The van der Waals surface area contributed by atoms with Gasteiger partial charge in [0.25, 0.3) is 10.0 Å². The molecular weight excluding hydrogens is 263 g/mol. The molecule has 1 aromatic rings. The highest BCUT2D eigenvalue weighted by molar-refractivity contribution is 7.95. The molecule has 0 saturated heterocycles. The second kappa shape index (κ2) is 4.22. The summed E-state index contributed by atoms with van der Waals surface area (Å²) in [6.45, 7) is 0. The Hall–Kier alpha value is -2.22. The number of hydrogen-bond acceptors (Lipinski definition) is 5. The molecule has 0 fully saturated rings. The van der Waals surface area contributed by atoms with Crippen molar-refractivity contribution in [3.63, 3.8) is 0 Å². The fraction of sp³-hybridized carbons (Fsp3) is 0. The molecule has 94 valence electrons. The van der Waals surface area contributed by atoms with Crippen molar-refractivity contribution >= 4 is 21.8 Å². The highest BCUT2D eigenvalue weighted by Gasteiger charge is 2.31. The Labute approximate surface area is 102 Å². The molecule has 0 unspecified atom stereocenters. The summed E-state index contributed by atoms with van der Waals surface area (Å²) in [6, 6.07) is 4.54. The van der Waals surface area contributed by atoms with E-state index in [9.17, 15) is 17.6 Å². The number of ether oxygens (including phenoxy) is 1. The molecule has 1 aliphatic rings. The van der Waals surface area contributed by atoms with E-state index in [0.717, 1.165) is 18.2 Å². The number of hydrogen-bond donors (Lipinski definition) is 1. The van der Waals surface area contributed by atoms with Crippen LogP contribution in [0.15, 0.2) is 39.6 Å². The monoisotopic (exact) mass is 270 g/mol. The maximum absolute atomic E-state index is 12.6. The molecule has 1 aromatic carbocycles. The number of carbonyl (C=O) groups is 1. The third-order valence-corrected chi connectivity index (χ3v) is 3.30. The van der Waals surface area contributed by atoms with E-state index in [1.165, 1.54) is 12.1 Å². The van der Waals surface area contributed by atoms with Gasteiger partial charge in [0.1, 0.15) is 17.4 Å². The number of rotatable bonds is 2. The van der Waals surface area contributed by atoms with Crippen molar-refractivity contribution in [2.24, 2.45) is 10.1 Å². The van der Waals surface area contributed by atoms with Crippen molar-refractivity contribution in [3.05, 3.63) is 41.1 Å². The van der Waals surface area contributed by atoms with Gasteiger partial charge in [0.05, 0.1) is 0 Å². The highest BCUT2D eigenvalue weighted by atomic mass is 32.2. The summed E-state index contributed by atoms with van der Waals surface area (Å²) in [4.78, 5) is 10.9. The minimum atomic E-state index is -4.09. The molecule has 0 atom stereocenters. The van der Waals surface area contributed by atoms with Gasteiger partial charge in [0.15, 0.2) is 4.91 Å². The Morgan fingerprint density at radius 1 is 1.28 bits per heavy atom. The second-order valence-electron chi connectivity index (χ2n) is 3.34.